The van der Waals surface area contributed by atoms with Crippen LogP contribution in [-0.2, 0) is 6.54 Å². The molecule has 1 heterocycles. The molecule has 0 fully saturated rings. The molecule has 1 N–H and O–H groups in total. The minimum absolute atomic E-state index is 0.680. The number of rotatable bonds is 3. The van der Waals surface area contributed by atoms with Crippen molar-refractivity contribution in [3.8, 4) is 6.07 Å². The maximum absolute atomic E-state index is 9.27. The van der Waals surface area contributed by atoms with Crippen molar-refractivity contribution in [2.24, 2.45) is 0 Å². The topological polar surface area (TPSA) is 48.7 Å². The Morgan fingerprint density at radius 1 is 1.14 bits per heavy atom. The molecule has 0 saturated heterocycles. The maximum atomic E-state index is 9.27. The summed E-state index contributed by atoms with van der Waals surface area (Å²) in [6.45, 7) is 2.63. The summed E-state index contributed by atoms with van der Waals surface area (Å²) in [7, 11) is 0. The number of hydrogen-bond acceptors (Lipinski definition) is 3. The van der Waals surface area contributed by atoms with E-state index in [1.807, 2.05) is 43.5 Å². The van der Waals surface area contributed by atoms with Gasteiger partial charge in [0.2, 0.25) is 0 Å². The largest absolute Gasteiger partial charge is 0.380 e. The van der Waals surface area contributed by atoms with E-state index in [1.165, 1.54) is 10.9 Å². The van der Waals surface area contributed by atoms with Gasteiger partial charge in [0, 0.05) is 24.3 Å². The molecule has 0 atom stereocenters. The number of aryl methyl sites for hydroxylation is 1. The molecule has 3 rings (SSSR count). The summed E-state index contributed by atoms with van der Waals surface area (Å²) < 4.78 is 0. The second kappa shape index (κ2) is 5.64. The smallest absolute Gasteiger partial charge is 0.102 e. The first-order chi connectivity index (χ1) is 10.3. The summed E-state index contributed by atoms with van der Waals surface area (Å²) in [4.78, 5) is 4.15. The van der Waals surface area contributed by atoms with E-state index in [2.05, 4.69) is 28.5 Å². The minimum Gasteiger partial charge on any atom is -0.380 e. The summed E-state index contributed by atoms with van der Waals surface area (Å²) >= 11 is 0. The Bertz CT molecular complexity index is 826. The maximum Gasteiger partial charge on any atom is 0.102 e. The van der Waals surface area contributed by atoms with Gasteiger partial charge in [-0.15, -0.1) is 0 Å². The van der Waals surface area contributed by atoms with Crippen molar-refractivity contribution in [2.75, 3.05) is 5.32 Å². The molecule has 2 aromatic carbocycles. The summed E-state index contributed by atoms with van der Waals surface area (Å²) in [5, 5.41) is 15.0. The van der Waals surface area contributed by atoms with Gasteiger partial charge in [-0.3, -0.25) is 4.98 Å². The number of nitriles is 1. The second-order valence-electron chi connectivity index (χ2n) is 4.98. The van der Waals surface area contributed by atoms with Gasteiger partial charge < -0.3 is 5.32 Å². The van der Waals surface area contributed by atoms with E-state index in [-0.39, 0.29) is 0 Å². The molecule has 1 aromatic heterocycles. The van der Waals surface area contributed by atoms with Crippen LogP contribution in [0.2, 0.25) is 0 Å². The van der Waals surface area contributed by atoms with E-state index >= 15 is 0 Å². The average Bonchev–Trinajstić information content (AvgIpc) is 2.53. The van der Waals surface area contributed by atoms with Gasteiger partial charge in [-0.25, -0.2) is 0 Å². The lowest BCUT2D eigenvalue weighted by atomic mass is 10.1. The normalized spacial score (nSPS) is 10.3. The number of anilines is 1. The molecule has 102 valence electrons. The monoisotopic (exact) mass is 273 g/mol. The second-order valence-corrected chi connectivity index (χ2v) is 4.98. The zero-order valence-electron chi connectivity index (χ0n) is 11.8. The zero-order chi connectivity index (χ0) is 14.7. The van der Waals surface area contributed by atoms with Crippen molar-refractivity contribution < 1.29 is 0 Å². The molecular weight excluding hydrogens is 258 g/mol. The fourth-order valence-electron chi connectivity index (χ4n) is 2.50. The molecule has 0 unspecified atom stereocenters. The van der Waals surface area contributed by atoms with Crippen molar-refractivity contribution in [3.05, 3.63) is 71.5 Å². The molecule has 21 heavy (non-hydrogen) atoms. The van der Waals surface area contributed by atoms with Crippen molar-refractivity contribution in [2.45, 2.75) is 13.5 Å². The predicted octanol–water partition coefficient (Wildman–Crippen LogP) is 4.03. The molecule has 3 nitrogen and oxygen atoms in total. The van der Waals surface area contributed by atoms with Gasteiger partial charge in [0.05, 0.1) is 11.3 Å². The Kier molecular flexibility index (Phi) is 3.53. The predicted molar refractivity (Wildman–Crippen MR) is 85.0 cm³/mol. The van der Waals surface area contributed by atoms with Crippen molar-refractivity contribution in [1.29, 1.82) is 5.26 Å². The molecular formula is C18H15N3. The Labute approximate surface area is 123 Å². The van der Waals surface area contributed by atoms with Crippen LogP contribution in [0, 0.1) is 18.3 Å². The third-order valence-electron chi connectivity index (χ3n) is 3.62. The van der Waals surface area contributed by atoms with Gasteiger partial charge >= 0.3 is 0 Å². The van der Waals surface area contributed by atoms with Crippen LogP contribution in [0.25, 0.3) is 10.8 Å². The van der Waals surface area contributed by atoms with E-state index in [4.69, 9.17) is 0 Å². The molecule has 0 amide bonds. The highest BCUT2D eigenvalue weighted by molar-refractivity contribution is 5.85. The van der Waals surface area contributed by atoms with Gasteiger partial charge in [0.25, 0.3) is 0 Å². The van der Waals surface area contributed by atoms with Gasteiger partial charge in [-0.1, -0.05) is 30.3 Å². The van der Waals surface area contributed by atoms with Crippen LogP contribution in [-0.4, -0.2) is 4.98 Å². The molecule has 3 heteroatoms. The van der Waals surface area contributed by atoms with Crippen LogP contribution < -0.4 is 5.32 Å². The van der Waals surface area contributed by atoms with Crippen LogP contribution in [0.3, 0.4) is 0 Å². The number of nitrogens with zero attached hydrogens (tertiary/aromatic N) is 2. The average molecular weight is 273 g/mol. The summed E-state index contributed by atoms with van der Waals surface area (Å²) in [6, 6.07) is 16.3. The molecule has 0 spiro atoms. The van der Waals surface area contributed by atoms with E-state index in [0.717, 1.165) is 16.6 Å². The third-order valence-corrected chi connectivity index (χ3v) is 3.62. The van der Waals surface area contributed by atoms with Gasteiger partial charge in [0.1, 0.15) is 6.07 Å². The summed E-state index contributed by atoms with van der Waals surface area (Å²) in [6.07, 6.45) is 3.67. The molecule has 0 radical (unpaired) electrons. The van der Waals surface area contributed by atoms with Gasteiger partial charge in [0.15, 0.2) is 0 Å². The zero-order valence-corrected chi connectivity index (χ0v) is 11.8. The molecule has 0 aliphatic rings. The lowest BCUT2D eigenvalue weighted by Gasteiger charge is -2.11. The lowest BCUT2D eigenvalue weighted by molar-refractivity contribution is 1.16. The number of nitrogens with one attached hydrogen (secondary N) is 1. The van der Waals surface area contributed by atoms with E-state index in [0.29, 0.717) is 12.1 Å². The Balaban J connectivity index is 1.91. The van der Waals surface area contributed by atoms with Crippen molar-refractivity contribution in [1.82, 2.24) is 4.98 Å². The molecule has 0 aliphatic heterocycles. The number of pyridine rings is 1. The quantitative estimate of drug-likeness (QED) is 0.783. The summed E-state index contributed by atoms with van der Waals surface area (Å²) in [5.41, 5.74) is 3.77. The highest BCUT2D eigenvalue weighted by Crippen LogP contribution is 2.22. The van der Waals surface area contributed by atoms with E-state index in [1.54, 1.807) is 6.20 Å². The van der Waals surface area contributed by atoms with Crippen LogP contribution in [0.4, 0.5) is 5.69 Å². The Morgan fingerprint density at radius 2 is 2.00 bits per heavy atom. The lowest BCUT2D eigenvalue weighted by Crippen LogP contribution is -2.02. The Morgan fingerprint density at radius 3 is 2.86 bits per heavy atom. The molecule has 0 aliphatic carbocycles. The van der Waals surface area contributed by atoms with E-state index in [9.17, 15) is 5.26 Å². The number of hydrogen-bond donors (Lipinski definition) is 1. The molecule has 0 saturated carbocycles. The first kappa shape index (κ1) is 13.1. The van der Waals surface area contributed by atoms with Gasteiger partial charge in [-0.05, 0) is 35.6 Å². The first-order valence-corrected chi connectivity index (χ1v) is 6.85. The Hall–Kier alpha value is -2.86. The number of benzene rings is 2. The van der Waals surface area contributed by atoms with Crippen LogP contribution in [0.15, 0.2) is 54.9 Å². The third kappa shape index (κ3) is 2.56. The highest BCUT2D eigenvalue weighted by Gasteiger charge is 2.05. The standard InChI is InChI=1S/C18H15N3/c1-13-4-2-7-18(17(13)10-19)21-12-15-6-3-5-14-11-20-9-8-16(14)15/h2-9,11,21H,12H2,1H3. The van der Waals surface area contributed by atoms with E-state index < -0.39 is 0 Å². The van der Waals surface area contributed by atoms with Crippen molar-refractivity contribution in [3.63, 3.8) is 0 Å². The molecule has 0 bridgehead atoms. The number of fused-ring (bicyclic) bond motifs is 1. The summed E-state index contributed by atoms with van der Waals surface area (Å²) in [5.74, 6) is 0. The fourth-order valence-corrected chi connectivity index (χ4v) is 2.50. The SMILES string of the molecule is Cc1cccc(NCc2cccc3cnccc23)c1C#N. The first-order valence-electron chi connectivity index (χ1n) is 6.85. The highest BCUT2D eigenvalue weighted by atomic mass is 14.9. The molecule has 3 aromatic rings. The fraction of sp³-hybridized carbons (Fsp3) is 0.111. The van der Waals surface area contributed by atoms with Crippen molar-refractivity contribution >= 4 is 16.5 Å². The van der Waals surface area contributed by atoms with Crippen LogP contribution in [0.1, 0.15) is 16.7 Å². The minimum atomic E-state index is 0.680. The van der Waals surface area contributed by atoms with Crippen LogP contribution in [0.5, 0.6) is 0 Å². The van der Waals surface area contributed by atoms with Gasteiger partial charge in [-0.2, -0.15) is 5.26 Å². The number of aromatic nitrogens is 1. The van der Waals surface area contributed by atoms with Crippen LogP contribution >= 0.6 is 0 Å².